The van der Waals surface area contributed by atoms with E-state index in [9.17, 15) is 9.59 Å². The Morgan fingerprint density at radius 1 is 1.14 bits per heavy atom. The first-order chi connectivity index (χ1) is 13.6. The second-order valence-corrected chi connectivity index (χ2v) is 7.00. The lowest BCUT2D eigenvalue weighted by atomic mass is 10.1. The van der Waals surface area contributed by atoms with Crippen LogP contribution in [0.4, 0.5) is 0 Å². The molecule has 146 valence electrons. The first-order valence-corrected chi connectivity index (χ1v) is 9.81. The molecular weight excluding hydrogens is 380 g/mol. The van der Waals surface area contributed by atoms with Gasteiger partial charge in [-0.2, -0.15) is 0 Å². The minimum Gasteiger partial charge on any atom is -0.496 e. The number of hydrogen-bond acceptors (Lipinski definition) is 6. The molecule has 6 nitrogen and oxygen atoms in total. The molecule has 7 heteroatoms. The zero-order valence-electron chi connectivity index (χ0n) is 15.3. The number of ether oxygens (including phenoxy) is 3. The van der Waals surface area contributed by atoms with Crippen molar-refractivity contribution in [1.29, 1.82) is 0 Å². The summed E-state index contributed by atoms with van der Waals surface area (Å²) >= 11 is 1.25. The molecule has 0 bridgehead atoms. The molecular formula is C21H20O6S. The van der Waals surface area contributed by atoms with Crippen LogP contribution < -0.4 is 14.2 Å². The summed E-state index contributed by atoms with van der Waals surface area (Å²) in [5.74, 6) is 1.41. The van der Waals surface area contributed by atoms with Crippen LogP contribution >= 0.6 is 11.8 Å². The number of allylic oxidation sites excluding steroid dienone is 1. The first-order valence-electron chi connectivity index (χ1n) is 8.65. The molecule has 0 saturated carbocycles. The van der Waals surface area contributed by atoms with E-state index in [1.807, 2.05) is 18.2 Å². The third-order valence-electron chi connectivity index (χ3n) is 4.04. The van der Waals surface area contributed by atoms with Crippen LogP contribution in [0.1, 0.15) is 21.5 Å². The third kappa shape index (κ3) is 5.07. The molecule has 28 heavy (non-hydrogen) atoms. The van der Waals surface area contributed by atoms with Crippen LogP contribution in [-0.4, -0.2) is 42.9 Å². The van der Waals surface area contributed by atoms with Gasteiger partial charge in [0.05, 0.1) is 12.9 Å². The van der Waals surface area contributed by atoms with Gasteiger partial charge in [-0.25, -0.2) is 0 Å². The zero-order valence-corrected chi connectivity index (χ0v) is 16.2. The van der Waals surface area contributed by atoms with Gasteiger partial charge in [-0.05, 0) is 42.0 Å². The van der Waals surface area contributed by atoms with E-state index in [-0.39, 0.29) is 11.5 Å². The van der Waals surface area contributed by atoms with E-state index in [0.29, 0.717) is 41.8 Å². The van der Waals surface area contributed by atoms with E-state index in [4.69, 9.17) is 19.3 Å². The maximum Gasteiger partial charge on any atom is 0.313 e. The molecule has 0 fully saturated rings. The Hall–Kier alpha value is -2.93. The summed E-state index contributed by atoms with van der Waals surface area (Å²) in [5, 5.41) is 8.78. The van der Waals surface area contributed by atoms with Gasteiger partial charge in [0.25, 0.3) is 0 Å². The van der Waals surface area contributed by atoms with Crippen LogP contribution in [0.2, 0.25) is 0 Å². The number of aliphatic carboxylic acids is 1. The molecule has 0 saturated heterocycles. The average molecular weight is 400 g/mol. The molecule has 0 atom stereocenters. The molecule has 0 aromatic heterocycles. The highest BCUT2D eigenvalue weighted by atomic mass is 32.2. The minimum atomic E-state index is -0.876. The van der Waals surface area contributed by atoms with Crippen molar-refractivity contribution < 1.29 is 28.9 Å². The van der Waals surface area contributed by atoms with Gasteiger partial charge in [-0.3, -0.25) is 9.59 Å². The molecule has 1 aliphatic rings. The Morgan fingerprint density at radius 2 is 1.93 bits per heavy atom. The number of ketones is 1. The number of carboxylic acid groups (broad SMARTS) is 1. The van der Waals surface area contributed by atoms with Crippen LogP contribution in [0.25, 0.3) is 6.08 Å². The second-order valence-electron chi connectivity index (χ2n) is 6.01. The molecule has 1 heterocycles. The fourth-order valence-electron chi connectivity index (χ4n) is 2.72. The Bertz CT molecular complexity index is 906. The summed E-state index contributed by atoms with van der Waals surface area (Å²) in [6.07, 6.45) is 3.23. The number of fused-ring (bicyclic) bond motifs is 1. The summed E-state index contributed by atoms with van der Waals surface area (Å²) in [5.41, 5.74) is 2.14. The van der Waals surface area contributed by atoms with Gasteiger partial charge in [0.15, 0.2) is 17.3 Å². The van der Waals surface area contributed by atoms with Crippen molar-refractivity contribution in [3.63, 3.8) is 0 Å². The SMILES string of the molecule is COc1ccc(C(=O)/C=C/c2ccc3c(c2)OCCO3)cc1CSCC(=O)O. The Kier molecular flexibility index (Phi) is 6.60. The molecule has 0 amide bonds. The Labute approximate surface area is 167 Å². The van der Waals surface area contributed by atoms with Gasteiger partial charge in [0.1, 0.15) is 19.0 Å². The predicted octanol–water partition coefficient (Wildman–Crippen LogP) is 3.68. The lowest BCUT2D eigenvalue weighted by Crippen LogP contribution is -2.15. The molecule has 1 aliphatic heterocycles. The number of carboxylic acids is 1. The summed E-state index contributed by atoms with van der Waals surface area (Å²) in [4.78, 5) is 23.3. The highest BCUT2D eigenvalue weighted by Gasteiger charge is 2.12. The molecule has 0 radical (unpaired) electrons. The van der Waals surface area contributed by atoms with Crippen molar-refractivity contribution >= 4 is 29.6 Å². The number of methoxy groups -OCH3 is 1. The summed E-state index contributed by atoms with van der Waals surface area (Å²) in [6, 6.07) is 10.7. The van der Waals surface area contributed by atoms with Gasteiger partial charge in [-0.15, -0.1) is 11.8 Å². The average Bonchev–Trinajstić information content (AvgIpc) is 2.71. The molecule has 2 aromatic rings. The molecule has 0 unspecified atom stereocenters. The maximum atomic E-state index is 12.6. The van der Waals surface area contributed by atoms with Gasteiger partial charge in [0, 0.05) is 16.9 Å². The second kappa shape index (κ2) is 9.32. The zero-order chi connectivity index (χ0) is 19.9. The molecule has 0 aliphatic carbocycles. The molecule has 3 rings (SSSR count). The standard InChI is InChI=1S/C21H20O6S/c1-25-18-7-4-15(11-16(18)12-28-13-21(23)24)17(22)5-2-14-3-6-19-20(10-14)27-9-8-26-19/h2-7,10-11H,8-9,12-13H2,1H3,(H,23,24)/b5-2+. The highest BCUT2D eigenvalue weighted by molar-refractivity contribution is 7.99. The fourth-order valence-corrected chi connectivity index (χ4v) is 3.45. The number of hydrogen-bond donors (Lipinski definition) is 1. The van der Waals surface area contributed by atoms with Crippen molar-refractivity contribution in [2.24, 2.45) is 0 Å². The van der Waals surface area contributed by atoms with E-state index < -0.39 is 5.97 Å². The number of thioether (sulfide) groups is 1. The van der Waals surface area contributed by atoms with Crippen molar-refractivity contribution in [3.8, 4) is 17.2 Å². The normalized spacial score (nSPS) is 12.8. The summed E-state index contributed by atoms with van der Waals surface area (Å²) in [7, 11) is 1.55. The van der Waals surface area contributed by atoms with E-state index in [1.54, 1.807) is 31.4 Å². The van der Waals surface area contributed by atoms with Crippen molar-refractivity contribution in [1.82, 2.24) is 0 Å². The minimum absolute atomic E-state index is 0.00859. The number of rotatable bonds is 8. The van der Waals surface area contributed by atoms with E-state index >= 15 is 0 Å². The van der Waals surface area contributed by atoms with Crippen molar-refractivity contribution in [2.45, 2.75) is 5.75 Å². The smallest absolute Gasteiger partial charge is 0.313 e. The maximum absolute atomic E-state index is 12.6. The summed E-state index contributed by atoms with van der Waals surface area (Å²) < 4.78 is 16.3. The topological polar surface area (TPSA) is 82.1 Å². The van der Waals surface area contributed by atoms with E-state index in [0.717, 1.165) is 11.1 Å². The third-order valence-corrected chi connectivity index (χ3v) is 5.01. The van der Waals surface area contributed by atoms with E-state index in [1.165, 1.54) is 17.8 Å². The Morgan fingerprint density at radius 3 is 2.68 bits per heavy atom. The van der Waals surface area contributed by atoms with Gasteiger partial charge in [-0.1, -0.05) is 12.1 Å². The largest absolute Gasteiger partial charge is 0.496 e. The van der Waals surface area contributed by atoms with Gasteiger partial charge < -0.3 is 19.3 Å². The number of carbonyl (C=O) groups is 2. The molecule has 0 spiro atoms. The fraction of sp³-hybridized carbons (Fsp3) is 0.238. The van der Waals surface area contributed by atoms with Crippen LogP contribution in [0, 0.1) is 0 Å². The van der Waals surface area contributed by atoms with Gasteiger partial charge in [0.2, 0.25) is 0 Å². The van der Waals surface area contributed by atoms with Crippen LogP contribution in [0.5, 0.6) is 17.2 Å². The first kappa shape index (κ1) is 19.8. The predicted molar refractivity (Wildman–Crippen MR) is 108 cm³/mol. The molecule has 1 N–H and O–H groups in total. The summed E-state index contributed by atoms with van der Waals surface area (Å²) in [6.45, 7) is 1.04. The monoisotopic (exact) mass is 400 g/mol. The van der Waals surface area contributed by atoms with Crippen LogP contribution in [0.3, 0.4) is 0 Å². The van der Waals surface area contributed by atoms with Crippen LogP contribution in [-0.2, 0) is 10.5 Å². The Balaban J connectivity index is 1.72. The van der Waals surface area contributed by atoms with Crippen molar-refractivity contribution in [2.75, 3.05) is 26.1 Å². The van der Waals surface area contributed by atoms with Crippen LogP contribution in [0.15, 0.2) is 42.5 Å². The lowest BCUT2D eigenvalue weighted by molar-refractivity contribution is -0.133. The molecule has 2 aromatic carbocycles. The quantitative estimate of drug-likeness (QED) is 0.535. The van der Waals surface area contributed by atoms with Crippen molar-refractivity contribution in [3.05, 3.63) is 59.2 Å². The number of carbonyl (C=O) groups excluding carboxylic acids is 1. The highest BCUT2D eigenvalue weighted by Crippen LogP contribution is 2.31. The number of benzene rings is 2. The van der Waals surface area contributed by atoms with Gasteiger partial charge >= 0.3 is 5.97 Å². The van der Waals surface area contributed by atoms with E-state index in [2.05, 4.69) is 0 Å². The lowest BCUT2D eigenvalue weighted by Gasteiger charge is -2.18.